The Morgan fingerprint density at radius 3 is 1.90 bits per heavy atom. The lowest BCUT2D eigenvalue weighted by Crippen LogP contribution is -2.18. The van der Waals surface area contributed by atoms with Gasteiger partial charge >= 0.3 is 5.97 Å². The Morgan fingerprint density at radius 2 is 1.40 bits per heavy atom. The van der Waals surface area contributed by atoms with Gasteiger partial charge in [-0.25, -0.2) is 0 Å². The van der Waals surface area contributed by atoms with Crippen LogP contribution in [0.25, 0.3) is 0 Å². The third-order valence-electron chi connectivity index (χ3n) is 1.85. The van der Waals surface area contributed by atoms with Gasteiger partial charge in [-0.05, 0) is 0 Å². The van der Waals surface area contributed by atoms with Gasteiger partial charge in [-0.2, -0.15) is 0 Å². The van der Waals surface area contributed by atoms with Crippen LogP contribution in [0.5, 0.6) is 0 Å². The van der Waals surface area contributed by atoms with Crippen LogP contribution in [0.15, 0.2) is 0 Å². The van der Waals surface area contributed by atoms with Gasteiger partial charge in [0.1, 0.15) is 6.61 Å². The summed E-state index contributed by atoms with van der Waals surface area (Å²) in [6.07, 6.45) is 0.0976. The lowest BCUT2D eigenvalue weighted by molar-refractivity contribution is -0.144. The summed E-state index contributed by atoms with van der Waals surface area (Å²) in [5.74, 6) is -0.479. The topological polar surface area (TPSA) is 80.0 Å². The van der Waals surface area contributed by atoms with Crippen LogP contribution in [0, 0.1) is 0 Å². The van der Waals surface area contributed by atoms with E-state index in [0.717, 1.165) is 0 Å². The molecule has 2 N–H and O–H groups in total. The van der Waals surface area contributed by atoms with E-state index < -0.39 is 9.76 Å². The summed E-state index contributed by atoms with van der Waals surface area (Å²) in [5.41, 5.74) is 5.25. The first kappa shape index (κ1) is 20.2. The molecule has 0 aromatic carbocycles. The van der Waals surface area contributed by atoms with Gasteiger partial charge in [0.15, 0.2) is 0 Å². The number of halogens is 3. The minimum absolute atomic E-state index is 0.0976. The number of esters is 1. The van der Waals surface area contributed by atoms with E-state index in [-0.39, 0.29) is 19.6 Å². The van der Waals surface area contributed by atoms with Crippen LogP contribution in [-0.2, 0) is 23.7 Å². The van der Waals surface area contributed by atoms with E-state index in [2.05, 4.69) is 0 Å². The molecule has 0 aliphatic rings. The first-order valence-corrected chi connectivity index (χ1v) is 7.25. The van der Waals surface area contributed by atoms with E-state index >= 15 is 0 Å². The van der Waals surface area contributed by atoms with Crippen molar-refractivity contribution in [2.45, 2.75) is 10.2 Å². The minimum Gasteiger partial charge on any atom is -0.461 e. The molecule has 0 aliphatic heterocycles. The maximum absolute atomic E-state index is 11.2. The standard InChI is InChI=1S/C11H20Cl3NO5/c12-11(13,14)9-20-10(16)1-3-17-5-7-19-8-6-18-4-2-15/h1-9,15H2. The molecule has 0 fully saturated rings. The number of carbonyl (C=O) groups excluding carboxylic acids is 1. The van der Waals surface area contributed by atoms with Crippen molar-refractivity contribution in [1.82, 2.24) is 0 Å². The maximum atomic E-state index is 11.2. The lowest BCUT2D eigenvalue weighted by Gasteiger charge is -2.11. The fraction of sp³-hybridized carbons (Fsp3) is 0.909. The molecule has 0 aliphatic carbocycles. The van der Waals surface area contributed by atoms with Crippen molar-refractivity contribution in [3.8, 4) is 0 Å². The second-order valence-electron chi connectivity index (χ2n) is 3.65. The van der Waals surface area contributed by atoms with Gasteiger partial charge in [0.25, 0.3) is 0 Å². The molecule has 120 valence electrons. The zero-order valence-corrected chi connectivity index (χ0v) is 13.4. The maximum Gasteiger partial charge on any atom is 0.308 e. The SMILES string of the molecule is NCCOCCOCCOCCC(=O)OCC(Cl)(Cl)Cl. The Kier molecular flexibility index (Phi) is 13.0. The fourth-order valence-corrected chi connectivity index (χ4v) is 1.18. The third-order valence-corrected chi connectivity index (χ3v) is 2.18. The van der Waals surface area contributed by atoms with Gasteiger partial charge in [0, 0.05) is 6.54 Å². The summed E-state index contributed by atoms with van der Waals surface area (Å²) in [5, 5.41) is 0. The Bertz CT molecular complexity index is 251. The predicted octanol–water partition coefficient (Wildman–Crippen LogP) is 1.30. The quantitative estimate of drug-likeness (QED) is 0.324. The van der Waals surface area contributed by atoms with Gasteiger partial charge in [-0.15, -0.1) is 0 Å². The van der Waals surface area contributed by atoms with Crippen molar-refractivity contribution in [3.05, 3.63) is 0 Å². The second kappa shape index (κ2) is 12.9. The summed E-state index contributed by atoms with van der Waals surface area (Å²) < 4.78 is 18.6. The molecule has 0 unspecified atom stereocenters. The Balaban J connectivity index is 3.21. The zero-order chi connectivity index (χ0) is 15.3. The Morgan fingerprint density at radius 1 is 0.900 bits per heavy atom. The molecule has 0 aromatic heterocycles. The third kappa shape index (κ3) is 16.2. The molecule has 0 radical (unpaired) electrons. The van der Waals surface area contributed by atoms with E-state index in [4.69, 9.17) is 59.5 Å². The van der Waals surface area contributed by atoms with Crippen LogP contribution in [0.2, 0.25) is 0 Å². The number of hydrogen-bond acceptors (Lipinski definition) is 6. The molecule has 0 spiro atoms. The number of alkyl halides is 3. The van der Waals surface area contributed by atoms with Gasteiger partial charge < -0.3 is 24.7 Å². The first-order valence-electron chi connectivity index (χ1n) is 6.11. The number of nitrogens with two attached hydrogens (primary N) is 1. The van der Waals surface area contributed by atoms with Gasteiger partial charge in [0.2, 0.25) is 3.79 Å². The largest absolute Gasteiger partial charge is 0.461 e. The molecular formula is C11H20Cl3NO5. The summed E-state index contributed by atoms with van der Waals surface area (Å²) in [4.78, 5) is 11.2. The van der Waals surface area contributed by atoms with E-state index in [1.54, 1.807) is 0 Å². The zero-order valence-electron chi connectivity index (χ0n) is 11.1. The predicted molar refractivity (Wildman–Crippen MR) is 77.4 cm³/mol. The van der Waals surface area contributed by atoms with Crippen molar-refractivity contribution >= 4 is 40.8 Å². The van der Waals surface area contributed by atoms with Crippen molar-refractivity contribution in [2.24, 2.45) is 5.73 Å². The molecule has 0 saturated heterocycles. The van der Waals surface area contributed by atoms with Crippen LogP contribution >= 0.6 is 34.8 Å². The van der Waals surface area contributed by atoms with E-state index in [9.17, 15) is 4.79 Å². The highest BCUT2D eigenvalue weighted by Gasteiger charge is 2.21. The van der Waals surface area contributed by atoms with Gasteiger partial charge in [-0.3, -0.25) is 4.79 Å². The number of hydrogen-bond donors (Lipinski definition) is 1. The van der Waals surface area contributed by atoms with Gasteiger partial charge in [-0.1, -0.05) is 34.8 Å². The molecule has 9 heteroatoms. The van der Waals surface area contributed by atoms with Gasteiger partial charge in [0.05, 0.1) is 46.1 Å². The molecule has 0 aromatic rings. The van der Waals surface area contributed by atoms with Crippen molar-refractivity contribution in [3.63, 3.8) is 0 Å². The van der Waals surface area contributed by atoms with Crippen LogP contribution in [0.4, 0.5) is 0 Å². The minimum atomic E-state index is -1.59. The van der Waals surface area contributed by atoms with E-state index in [1.807, 2.05) is 0 Å². The van der Waals surface area contributed by atoms with Crippen LogP contribution in [0.3, 0.4) is 0 Å². The lowest BCUT2D eigenvalue weighted by atomic mass is 10.5. The molecule has 0 bridgehead atoms. The molecule has 0 rings (SSSR count). The average Bonchev–Trinajstić information content (AvgIpc) is 2.38. The Hall–Kier alpha value is 0.180. The van der Waals surface area contributed by atoms with Crippen molar-refractivity contribution in [1.29, 1.82) is 0 Å². The van der Waals surface area contributed by atoms with Crippen molar-refractivity contribution < 1.29 is 23.7 Å². The van der Waals surface area contributed by atoms with Crippen LogP contribution in [0.1, 0.15) is 6.42 Å². The number of carbonyl (C=O) groups is 1. The normalized spacial score (nSPS) is 11.6. The van der Waals surface area contributed by atoms with E-state index in [1.165, 1.54) is 0 Å². The van der Waals surface area contributed by atoms with Crippen LogP contribution < -0.4 is 5.73 Å². The van der Waals surface area contributed by atoms with Crippen molar-refractivity contribution in [2.75, 3.05) is 52.8 Å². The molecule has 0 atom stereocenters. The molecule has 0 amide bonds. The number of ether oxygens (including phenoxy) is 4. The highest BCUT2D eigenvalue weighted by Crippen LogP contribution is 2.25. The summed E-state index contributed by atoms with van der Waals surface area (Å²) >= 11 is 16.3. The summed E-state index contributed by atoms with van der Waals surface area (Å²) in [6.45, 7) is 2.76. The number of rotatable bonds is 12. The Labute approximate surface area is 133 Å². The second-order valence-corrected chi connectivity index (χ2v) is 6.17. The molecular weight excluding hydrogens is 332 g/mol. The van der Waals surface area contributed by atoms with E-state index in [0.29, 0.717) is 39.6 Å². The molecule has 0 saturated carbocycles. The smallest absolute Gasteiger partial charge is 0.308 e. The monoisotopic (exact) mass is 351 g/mol. The molecule has 0 heterocycles. The summed E-state index contributed by atoms with van der Waals surface area (Å²) in [6, 6.07) is 0. The molecule has 20 heavy (non-hydrogen) atoms. The highest BCUT2D eigenvalue weighted by molar-refractivity contribution is 6.67. The molecule has 6 nitrogen and oxygen atoms in total. The highest BCUT2D eigenvalue weighted by atomic mass is 35.6. The first-order chi connectivity index (χ1) is 9.45. The average molecular weight is 353 g/mol. The summed E-state index contributed by atoms with van der Waals surface area (Å²) in [7, 11) is 0. The van der Waals surface area contributed by atoms with Crippen LogP contribution in [-0.4, -0.2) is 62.6 Å². The fourth-order valence-electron chi connectivity index (χ4n) is 1.02.